The van der Waals surface area contributed by atoms with Crippen LogP contribution in [0, 0.1) is 0 Å². The second-order valence-corrected chi connectivity index (χ2v) is 8.57. The van der Waals surface area contributed by atoms with Crippen LogP contribution in [-0.4, -0.2) is 63.6 Å². The molecule has 0 atom stereocenters. The molecule has 0 saturated carbocycles. The summed E-state index contributed by atoms with van der Waals surface area (Å²) in [7, 11) is 0. The molecule has 9 heteroatoms. The van der Waals surface area contributed by atoms with Crippen molar-refractivity contribution in [2.24, 2.45) is 0 Å². The van der Waals surface area contributed by atoms with E-state index in [2.05, 4.69) is 37.5 Å². The minimum atomic E-state index is -0.197. The summed E-state index contributed by atoms with van der Waals surface area (Å²) in [4.78, 5) is 26.4. The number of nitrogens with zero attached hydrogens (tertiary/aromatic N) is 3. The first-order chi connectivity index (χ1) is 12.2. The van der Waals surface area contributed by atoms with E-state index in [-0.39, 0.29) is 30.7 Å². The van der Waals surface area contributed by atoms with Crippen LogP contribution in [0.4, 0.5) is 5.13 Å². The maximum atomic E-state index is 12.1. The van der Waals surface area contributed by atoms with Gasteiger partial charge in [0, 0.05) is 38.0 Å². The molecule has 7 nitrogen and oxygen atoms in total. The van der Waals surface area contributed by atoms with E-state index < -0.39 is 0 Å². The molecule has 2 fully saturated rings. The summed E-state index contributed by atoms with van der Waals surface area (Å²) in [5, 5.41) is 13.6. The predicted octanol–water partition coefficient (Wildman–Crippen LogP) is 1.73. The number of carbonyl (C=O) groups is 2. The summed E-state index contributed by atoms with van der Waals surface area (Å²) in [6.45, 7) is 2.13. The average molecular weight is 384 g/mol. The summed E-state index contributed by atoms with van der Waals surface area (Å²) in [6, 6.07) is 0.981. The van der Waals surface area contributed by atoms with Gasteiger partial charge in [-0.15, -0.1) is 10.2 Å². The number of hydrogen-bond acceptors (Lipinski definition) is 7. The number of aromatic nitrogens is 2. The normalized spacial score (nSPS) is 20.3. The fourth-order valence-electron chi connectivity index (χ4n) is 3.40. The van der Waals surface area contributed by atoms with Gasteiger partial charge in [0.05, 0.1) is 0 Å². The highest BCUT2D eigenvalue weighted by Gasteiger charge is 2.26. The number of likely N-dealkylation sites (tertiary alicyclic amines) is 1. The van der Waals surface area contributed by atoms with Gasteiger partial charge in [-0.1, -0.05) is 11.3 Å². The van der Waals surface area contributed by atoms with E-state index in [1.54, 1.807) is 5.51 Å². The van der Waals surface area contributed by atoms with Gasteiger partial charge in [0.25, 0.3) is 0 Å². The Morgan fingerprint density at radius 3 is 2.52 bits per heavy atom. The molecule has 2 amide bonds. The van der Waals surface area contributed by atoms with Gasteiger partial charge in [0.1, 0.15) is 5.51 Å². The second-order valence-electron chi connectivity index (χ2n) is 6.51. The van der Waals surface area contributed by atoms with Gasteiger partial charge in [-0.3, -0.25) is 9.59 Å². The largest absolute Gasteiger partial charge is 0.353 e. The SMILES string of the molecule is O=C(CCC(=O)NC1CCN(C2CCSCC2)CC1)Nc1nncs1. The summed E-state index contributed by atoms with van der Waals surface area (Å²) < 4.78 is 0. The van der Waals surface area contributed by atoms with E-state index in [0.717, 1.165) is 32.0 Å². The molecule has 0 spiro atoms. The fraction of sp³-hybridized carbons (Fsp3) is 0.750. The smallest absolute Gasteiger partial charge is 0.226 e. The quantitative estimate of drug-likeness (QED) is 0.778. The van der Waals surface area contributed by atoms with Crippen LogP contribution in [0.1, 0.15) is 38.5 Å². The molecule has 0 unspecified atom stereocenters. The molecule has 0 bridgehead atoms. The molecule has 25 heavy (non-hydrogen) atoms. The Balaban J connectivity index is 1.31. The standard InChI is InChI=1S/C16H25N5O2S2/c22-14(1-2-15(23)19-16-20-17-11-25-16)18-12-3-7-21(8-4-12)13-5-9-24-10-6-13/h11-13H,1-10H2,(H,18,22)(H,19,20,23). The molecule has 2 aliphatic heterocycles. The first kappa shape index (κ1) is 18.6. The molecule has 2 aliphatic rings. The Bertz CT molecular complexity index is 555. The molecular formula is C16H25N5O2S2. The zero-order valence-corrected chi connectivity index (χ0v) is 15.9. The van der Waals surface area contributed by atoms with Crippen LogP contribution in [-0.2, 0) is 9.59 Å². The first-order valence-corrected chi connectivity index (χ1v) is 10.9. The lowest BCUT2D eigenvalue weighted by atomic mass is 10.0. The van der Waals surface area contributed by atoms with E-state index >= 15 is 0 Å². The van der Waals surface area contributed by atoms with Crippen molar-refractivity contribution in [3.8, 4) is 0 Å². The molecule has 1 aromatic heterocycles. The van der Waals surface area contributed by atoms with Crippen molar-refractivity contribution in [3.05, 3.63) is 5.51 Å². The molecule has 1 aromatic rings. The van der Waals surface area contributed by atoms with Crippen molar-refractivity contribution in [1.82, 2.24) is 20.4 Å². The molecule has 3 rings (SSSR count). The molecule has 0 aliphatic carbocycles. The lowest BCUT2D eigenvalue weighted by molar-refractivity contribution is -0.125. The van der Waals surface area contributed by atoms with Crippen molar-refractivity contribution < 1.29 is 9.59 Å². The zero-order valence-electron chi connectivity index (χ0n) is 14.3. The zero-order chi connectivity index (χ0) is 17.5. The molecule has 2 N–H and O–H groups in total. The third kappa shape index (κ3) is 5.93. The molecule has 0 aromatic carbocycles. The van der Waals surface area contributed by atoms with E-state index in [4.69, 9.17) is 0 Å². The van der Waals surface area contributed by atoms with Crippen LogP contribution in [0.5, 0.6) is 0 Å². The lowest BCUT2D eigenvalue weighted by Gasteiger charge is -2.39. The minimum absolute atomic E-state index is 0.0417. The Kier molecular flexibility index (Phi) is 7.06. The van der Waals surface area contributed by atoms with Gasteiger partial charge in [-0.25, -0.2) is 0 Å². The van der Waals surface area contributed by atoms with E-state index in [1.807, 2.05) is 0 Å². The highest BCUT2D eigenvalue weighted by molar-refractivity contribution is 7.99. The van der Waals surface area contributed by atoms with Gasteiger partial charge >= 0.3 is 0 Å². The number of hydrogen-bond donors (Lipinski definition) is 2. The molecule has 138 valence electrons. The number of carbonyl (C=O) groups excluding carboxylic acids is 2. The van der Waals surface area contributed by atoms with E-state index in [9.17, 15) is 9.59 Å². The summed E-state index contributed by atoms with van der Waals surface area (Å²) in [5.41, 5.74) is 1.56. The number of nitrogens with one attached hydrogen (secondary N) is 2. The average Bonchev–Trinajstić information content (AvgIpc) is 3.14. The molecular weight excluding hydrogens is 358 g/mol. The topological polar surface area (TPSA) is 87.2 Å². The highest BCUT2D eigenvalue weighted by atomic mass is 32.2. The third-order valence-electron chi connectivity index (χ3n) is 4.79. The maximum absolute atomic E-state index is 12.1. The van der Waals surface area contributed by atoms with E-state index in [1.165, 1.54) is 35.7 Å². The van der Waals surface area contributed by atoms with Crippen molar-refractivity contribution in [3.63, 3.8) is 0 Å². The van der Waals surface area contributed by atoms with Crippen LogP contribution in [0.15, 0.2) is 5.51 Å². The number of piperidine rings is 1. The molecule has 0 radical (unpaired) electrons. The van der Waals surface area contributed by atoms with Crippen LogP contribution in [0.25, 0.3) is 0 Å². The first-order valence-electron chi connectivity index (χ1n) is 8.88. The van der Waals surface area contributed by atoms with Crippen molar-refractivity contribution >= 4 is 40.0 Å². The van der Waals surface area contributed by atoms with Gasteiger partial charge in [-0.05, 0) is 37.2 Å². The van der Waals surface area contributed by atoms with Crippen LogP contribution < -0.4 is 10.6 Å². The van der Waals surface area contributed by atoms with Crippen LogP contribution in [0.3, 0.4) is 0 Å². The number of rotatable bonds is 6. The van der Waals surface area contributed by atoms with E-state index in [0.29, 0.717) is 5.13 Å². The van der Waals surface area contributed by atoms with Crippen LogP contribution >= 0.6 is 23.1 Å². The number of thioether (sulfide) groups is 1. The minimum Gasteiger partial charge on any atom is -0.353 e. The van der Waals surface area contributed by atoms with Gasteiger partial charge < -0.3 is 15.5 Å². The van der Waals surface area contributed by atoms with Gasteiger partial charge in [0.2, 0.25) is 16.9 Å². The summed E-state index contributed by atoms with van der Waals surface area (Å²) >= 11 is 3.32. The van der Waals surface area contributed by atoms with Gasteiger partial charge in [-0.2, -0.15) is 11.8 Å². The summed E-state index contributed by atoms with van der Waals surface area (Å²) in [6.07, 6.45) is 4.99. The second kappa shape index (κ2) is 9.49. The third-order valence-corrected chi connectivity index (χ3v) is 6.44. The van der Waals surface area contributed by atoms with Crippen molar-refractivity contribution in [1.29, 1.82) is 0 Å². The van der Waals surface area contributed by atoms with Gasteiger partial charge in [0.15, 0.2) is 0 Å². The monoisotopic (exact) mass is 383 g/mol. The Morgan fingerprint density at radius 2 is 1.84 bits per heavy atom. The van der Waals surface area contributed by atoms with Crippen LogP contribution in [0.2, 0.25) is 0 Å². The molecule has 3 heterocycles. The van der Waals surface area contributed by atoms with Crippen molar-refractivity contribution in [2.75, 3.05) is 29.9 Å². The Morgan fingerprint density at radius 1 is 1.12 bits per heavy atom. The fourth-order valence-corrected chi connectivity index (χ4v) is 4.94. The lowest BCUT2D eigenvalue weighted by Crippen LogP contribution is -2.48. The molecule has 2 saturated heterocycles. The number of anilines is 1. The number of amides is 2. The van der Waals surface area contributed by atoms with Crippen molar-refractivity contribution in [2.45, 2.75) is 50.6 Å². The Labute approximate surface area is 156 Å². The maximum Gasteiger partial charge on any atom is 0.226 e. The summed E-state index contributed by atoms with van der Waals surface area (Å²) in [5.74, 6) is 2.32. The highest BCUT2D eigenvalue weighted by Crippen LogP contribution is 2.24. The predicted molar refractivity (Wildman–Crippen MR) is 101 cm³/mol. The Hall–Kier alpha value is -1.19.